The van der Waals surface area contributed by atoms with Crippen LogP contribution in [-0.2, 0) is 11.2 Å². The number of rotatable bonds is 5. The minimum absolute atomic E-state index is 0.123. The Hall–Kier alpha value is -1.06. The third-order valence-corrected chi connectivity index (χ3v) is 3.33. The second-order valence-electron chi connectivity index (χ2n) is 4.61. The molecule has 1 unspecified atom stereocenters. The Bertz CT molecular complexity index is 376. The molecule has 0 spiro atoms. The number of anilines is 1. The summed E-state index contributed by atoms with van der Waals surface area (Å²) in [4.78, 5) is 2.40. The number of nitrogens with two attached hydrogens (primary N) is 1. The van der Waals surface area contributed by atoms with E-state index in [1.807, 2.05) is 13.8 Å². The van der Waals surface area contributed by atoms with Crippen LogP contribution in [-0.4, -0.2) is 26.3 Å². The molecule has 3 heteroatoms. The number of ether oxygens (including phenoxy) is 1. The largest absolute Gasteiger partial charge is 0.380 e. The fraction of sp³-hybridized carbons (Fsp3) is 0.571. The molecule has 1 heterocycles. The van der Waals surface area contributed by atoms with Gasteiger partial charge in [0.2, 0.25) is 0 Å². The maximum Gasteiger partial charge on any atom is 0.0641 e. The molecule has 1 aliphatic rings. The van der Waals surface area contributed by atoms with Crippen LogP contribution in [0.5, 0.6) is 0 Å². The van der Waals surface area contributed by atoms with Crippen molar-refractivity contribution in [2.75, 3.05) is 31.2 Å². The van der Waals surface area contributed by atoms with Gasteiger partial charge in [0.15, 0.2) is 0 Å². The summed E-state index contributed by atoms with van der Waals surface area (Å²) in [5, 5.41) is 0. The zero-order valence-corrected chi connectivity index (χ0v) is 10.8. The lowest BCUT2D eigenvalue weighted by Crippen LogP contribution is -2.25. The van der Waals surface area contributed by atoms with Gasteiger partial charge in [-0.1, -0.05) is 12.1 Å². The van der Waals surface area contributed by atoms with Crippen molar-refractivity contribution >= 4 is 5.69 Å². The van der Waals surface area contributed by atoms with Crippen LogP contribution in [0.25, 0.3) is 0 Å². The van der Waals surface area contributed by atoms with E-state index in [-0.39, 0.29) is 6.04 Å². The molecule has 17 heavy (non-hydrogen) atoms. The minimum Gasteiger partial charge on any atom is -0.380 e. The van der Waals surface area contributed by atoms with Gasteiger partial charge in [-0.15, -0.1) is 0 Å². The van der Waals surface area contributed by atoms with Crippen molar-refractivity contribution in [2.24, 2.45) is 5.73 Å². The molecule has 0 radical (unpaired) electrons. The summed E-state index contributed by atoms with van der Waals surface area (Å²) < 4.78 is 5.41. The fourth-order valence-corrected chi connectivity index (χ4v) is 2.32. The third-order valence-electron chi connectivity index (χ3n) is 3.33. The van der Waals surface area contributed by atoms with Gasteiger partial charge in [-0.25, -0.2) is 0 Å². The van der Waals surface area contributed by atoms with E-state index in [1.165, 1.54) is 16.8 Å². The van der Waals surface area contributed by atoms with E-state index in [2.05, 4.69) is 23.1 Å². The van der Waals surface area contributed by atoms with Crippen LogP contribution >= 0.6 is 0 Å². The molecule has 0 fully saturated rings. The summed E-state index contributed by atoms with van der Waals surface area (Å²) in [7, 11) is 0. The van der Waals surface area contributed by atoms with Gasteiger partial charge < -0.3 is 15.4 Å². The van der Waals surface area contributed by atoms with E-state index in [1.54, 1.807) is 0 Å². The summed E-state index contributed by atoms with van der Waals surface area (Å²) in [5.41, 5.74) is 9.92. The van der Waals surface area contributed by atoms with Crippen LogP contribution in [0.15, 0.2) is 18.2 Å². The van der Waals surface area contributed by atoms with Gasteiger partial charge in [0.05, 0.1) is 6.61 Å². The lowest BCUT2D eigenvalue weighted by molar-refractivity contribution is 0.154. The van der Waals surface area contributed by atoms with Crippen molar-refractivity contribution in [1.29, 1.82) is 0 Å². The first-order chi connectivity index (χ1) is 8.22. The predicted octanol–water partition coefficient (Wildman–Crippen LogP) is 2.11. The topological polar surface area (TPSA) is 38.5 Å². The average Bonchev–Trinajstić information content (AvgIpc) is 2.72. The van der Waals surface area contributed by atoms with Crippen molar-refractivity contribution in [2.45, 2.75) is 26.3 Å². The maximum atomic E-state index is 5.91. The van der Waals surface area contributed by atoms with Crippen molar-refractivity contribution < 1.29 is 4.74 Å². The maximum absolute atomic E-state index is 5.91. The van der Waals surface area contributed by atoms with Crippen molar-refractivity contribution in [3.63, 3.8) is 0 Å². The molecular weight excluding hydrogens is 212 g/mol. The Morgan fingerprint density at radius 2 is 2.29 bits per heavy atom. The lowest BCUT2D eigenvalue weighted by Gasteiger charge is -2.19. The van der Waals surface area contributed by atoms with E-state index in [0.29, 0.717) is 0 Å². The number of hydrogen-bond acceptors (Lipinski definition) is 3. The molecule has 94 valence electrons. The monoisotopic (exact) mass is 234 g/mol. The van der Waals surface area contributed by atoms with Crippen LogP contribution in [0.4, 0.5) is 5.69 Å². The van der Waals surface area contributed by atoms with Crippen LogP contribution in [0.1, 0.15) is 31.0 Å². The first kappa shape index (κ1) is 12.4. The third kappa shape index (κ3) is 2.79. The number of fused-ring (bicyclic) bond motifs is 1. The van der Waals surface area contributed by atoms with E-state index in [4.69, 9.17) is 10.5 Å². The van der Waals surface area contributed by atoms with Crippen molar-refractivity contribution in [3.8, 4) is 0 Å². The second kappa shape index (κ2) is 5.52. The first-order valence-electron chi connectivity index (χ1n) is 6.43. The SMILES string of the molecule is CCOCCN1CCc2cc(C(C)N)ccc21. The quantitative estimate of drug-likeness (QED) is 0.793. The molecule has 2 rings (SSSR count). The summed E-state index contributed by atoms with van der Waals surface area (Å²) in [6, 6.07) is 6.72. The van der Waals surface area contributed by atoms with Crippen LogP contribution < -0.4 is 10.6 Å². The zero-order valence-electron chi connectivity index (χ0n) is 10.8. The summed E-state index contributed by atoms with van der Waals surface area (Å²) >= 11 is 0. The van der Waals surface area contributed by atoms with Gasteiger partial charge in [0.25, 0.3) is 0 Å². The molecule has 1 atom stereocenters. The second-order valence-corrected chi connectivity index (χ2v) is 4.61. The van der Waals surface area contributed by atoms with Gasteiger partial charge in [-0.3, -0.25) is 0 Å². The highest BCUT2D eigenvalue weighted by Gasteiger charge is 2.19. The smallest absolute Gasteiger partial charge is 0.0641 e. The summed E-state index contributed by atoms with van der Waals surface area (Å²) in [6.45, 7) is 7.76. The van der Waals surface area contributed by atoms with Gasteiger partial charge in [-0.2, -0.15) is 0 Å². The highest BCUT2D eigenvalue weighted by Crippen LogP contribution is 2.29. The average molecular weight is 234 g/mol. The summed E-state index contributed by atoms with van der Waals surface area (Å²) in [6.07, 6.45) is 1.13. The predicted molar refractivity (Wildman–Crippen MR) is 71.5 cm³/mol. The Labute approximate surface area is 104 Å². The molecule has 2 N–H and O–H groups in total. The number of hydrogen-bond donors (Lipinski definition) is 1. The van der Waals surface area contributed by atoms with Gasteiger partial charge in [-0.05, 0) is 37.5 Å². The molecule has 1 aromatic rings. The Morgan fingerprint density at radius 3 is 3.00 bits per heavy atom. The Morgan fingerprint density at radius 1 is 1.47 bits per heavy atom. The molecule has 0 saturated heterocycles. The standard InChI is InChI=1S/C14H22N2O/c1-3-17-9-8-16-7-6-13-10-12(11(2)15)4-5-14(13)16/h4-5,10-11H,3,6-9,15H2,1-2H3. The van der Waals surface area contributed by atoms with Gasteiger partial charge in [0, 0.05) is 31.4 Å². The van der Waals surface area contributed by atoms with Crippen LogP contribution in [0.2, 0.25) is 0 Å². The highest BCUT2D eigenvalue weighted by atomic mass is 16.5. The molecule has 0 bridgehead atoms. The van der Waals surface area contributed by atoms with Gasteiger partial charge in [0.1, 0.15) is 0 Å². The zero-order chi connectivity index (χ0) is 12.3. The van der Waals surface area contributed by atoms with E-state index >= 15 is 0 Å². The summed E-state index contributed by atoms with van der Waals surface area (Å²) in [5.74, 6) is 0. The van der Waals surface area contributed by atoms with E-state index < -0.39 is 0 Å². The molecule has 1 aliphatic heterocycles. The van der Waals surface area contributed by atoms with Crippen LogP contribution in [0, 0.1) is 0 Å². The van der Waals surface area contributed by atoms with Crippen LogP contribution in [0.3, 0.4) is 0 Å². The van der Waals surface area contributed by atoms with Crippen molar-refractivity contribution in [3.05, 3.63) is 29.3 Å². The first-order valence-corrected chi connectivity index (χ1v) is 6.43. The molecule has 3 nitrogen and oxygen atoms in total. The van der Waals surface area contributed by atoms with Gasteiger partial charge >= 0.3 is 0 Å². The minimum atomic E-state index is 0.123. The molecular formula is C14H22N2O. The molecule has 0 aliphatic carbocycles. The van der Waals surface area contributed by atoms with E-state index in [0.717, 1.165) is 32.7 Å². The number of nitrogens with zero attached hydrogens (tertiary/aromatic N) is 1. The lowest BCUT2D eigenvalue weighted by atomic mass is 10.0. The molecule has 0 amide bonds. The highest BCUT2D eigenvalue weighted by molar-refractivity contribution is 5.59. The van der Waals surface area contributed by atoms with Crippen molar-refractivity contribution in [1.82, 2.24) is 0 Å². The Balaban J connectivity index is 2.05. The van der Waals surface area contributed by atoms with E-state index in [9.17, 15) is 0 Å². The number of benzene rings is 1. The molecule has 0 aromatic heterocycles. The molecule has 1 aromatic carbocycles. The molecule has 0 saturated carbocycles. The normalized spacial score (nSPS) is 16.1. The Kier molecular flexibility index (Phi) is 4.02. The fourth-order valence-electron chi connectivity index (χ4n) is 2.32.